The topological polar surface area (TPSA) is 143 Å². The molecule has 2 amide bonds. The van der Waals surface area contributed by atoms with Crippen LogP contribution in [0, 0.1) is 6.92 Å². The summed E-state index contributed by atoms with van der Waals surface area (Å²) in [6.07, 6.45) is 1.73. The van der Waals surface area contributed by atoms with E-state index in [9.17, 15) is 9.59 Å². The van der Waals surface area contributed by atoms with Crippen LogP contribution in [-0.4, -0.2) is 77.5 Å². The van der Waals surface area contributed by atoms with Crippen LogP contribution in [0.4, 0.5) is 0 Å². The lowest BCUT2D eigenvalue weighted by Crippen LogP contribution is -2.46. The van der Waals surface area contributed by atoms with Crippen LogP contribution in [-0.2, 0) is 27.4 Å². The van der Waals surface area contributed by atoms with E-state index in [2.05, 4.69) is 20.7 Å². The molecular formula is C31H36N6O7. The second-order valence-electron chi connectivity index (χ2n) is 10.3. The van der Waals surface area contributed by atoms with Gasteiger partial charge in [-0.2, -0.15) is 4.80 Å². The zero-order valence-electron chi connectivity index (χ0n) is 25.2. The van der Waals surface area contributed by atoms with Crippen LogP contribution >= 0.6 is 0 Å². The van der Waals surface area contributed by atoms with Crippen molar-refractivity contribution in [1.29, 1.82) is 0 Å². The number of methoxy groups -OCH3 is 3. The SMILES string of the molecule is COc1ccc(CN(C(=O)Cn2nnc(-c3ccc(OC)c(OC)c3)n2)[C@H](C(=O)NC[C@H]2CCCO2)c2ccc(C)o2)cc1. The number of nitrogens with zero attached hydrogens (tertiary/aromatic N) is 5. The number of hydrogen-bond acceptors (Lipinski definition) is 10. The molecule has 1 saturated heterocycles. The molecule has 1 fully saturated rings. The smallest absolute Gasteiger partial charge is 0.250 e. The standard InChI is InChI=1S/C31H36N6O7/c1-20-7-13-26(44-20)29(31(39)32-17-24-6-5-15-43-24)36(18-21-8-11-23(40-2)12-9-21)28(38)19-37-34-30(33-35-37)22-10-14-25(41-3)27(16-22)42-4/h7-14,16,24,29H,5-6,15,17-19H2,1-4H3,(H,32,39)/t24-,29+/m1/s1. The van der Waals surface area contributed by atoms with Crippen LogP contribution in [0.25, 0.3) is 11.4 Å². The maximum absolute atomic E-state index is 14.0. The lowest BCUT2D eigenvalue weighted by atomic mass is 10.1. The fraction of sp³-hybridized carbons (Fsp3) is 0.387. The van der Waals surface area contributed by atoms with Gasteiger partial charge in [0, 0.05) is 25.3 Å². The number of tetrazole rings is 1. The van der Waals surface area contributed by atoms with Gasteiger partial charge in [-0.1, -0.05) is 12.1 Å². The molecule has 3 heterocycles. The summed E-state index contributed by atoms with van der Waals surface area (Å²) in [7, 11) is 4.67. The number of furan rings is 1. The van der Waals surface area contributed by atoms with Gasteiger partial charge in [0.25, 0.3) is 5.91 Å². The van der Waals surface area contributed by atoms with Crippen LogP contribution in [0.2, 0.25) is 0 Å². The third kappa shape index (κ3) is 7.17. The van der Waals surface area contributed by atoms with Crippen molar-refractivity contribution in [3.05, 3.63) is 71.7 Å². The van der Waals surface area contributed by atoms with Crippen molar-refractivity contribution in [3.63, 3.8) is 0 Å². The van der Waals surface area contributed by atoms with Crippen LogP contribution in [0.5, 0.6) is 17.2 Å². The van der Waals surface area contributed by atoms with Crippen molar-refractivity contribution in [2.45, 2.75) is 45.0 Å². The zero-order chi connectivity index (χ0) is 31.1. The lowest BCUT2D eigenvalue weighted by Gasteiger charge is -2.30. The number of hydrogen-bond donors (Lipinski definition) is 1. The Labute approximate surface area is 255 Å². The first-order chi connectivity index (χ1) is 21.4. The Balaban J connectivity index is 1.43. The fourth-order valence-electron chi connectivity index (χ4n) is 5.01. The molecule has 13 nitrogen and oxygen atoms in total. The summed E-state index contributed by atoms with van der Waals surface area (Å²) in [5.41, 5.74) is 1.42. The van der Waals surface area contributed by atoms with Gasteiger partial charge in [-0.15, -0.1) is 10.2 Å². The van der Waals surface area contributed by atoms with Gasteiger partial charge in [0.1, 0.15) is 23.8 Å². The molecule has 0 unspecified atom stereocenters. The number of nitrogens with one attached hydrogen (secondary N) is 1. The van der Waals surface area contributed by atoms with Gasteiger partial charge >= 0.3 is 0 Å². The predicted octanol–water partition coefficient (Wildman–Crippen LogP) is 3.33. The summed E-state index contributed by atoms with van der Waals surface area (Å²) in [5, 5.41) is 15.6. The van der Waals surface area contributed by atoms with Gasteiger partial charge in [0.2, 0.25) is 11.7 Å². The third-order valence-corrected chi connectivity index (χ3v) is 7.32. The number of ether oxygens (including phenoxy) is 4. The van der Waals surface area contributed by atoms with Gasteiger partial charge in [0.05, 0.1) is 27.4 Å². The van der Waals surface area contributed by atoms with Crippen molar-refractivity contribution >= 4 is 11.8 Å². The predicted molar refractivity (Wildman–Crippen MR) is 158 cm³/mol. The molecule has 44 heavy (non-hydrogen) atoms. The number of benzene rings is 2. The molecule has 13 heteroatoms. The summed E-state index contributed by atoms with van der Waals surface area (Å²) >= 11 is 0. The molecule has 4 aromatic rings. The van der Waals surface area contributed by atoms with Gasteiger partial charge in [-0.3, -0.25) is 9.59 Å². The maximum atomic E-state index is 14.0. The van der Waals surface area contributed by atoms with E-state index in [-0.39, 0.29) is 25.1 Å². The van der Waals surface area contributed by atoms with Crippen molar-refractivity contribution < 1.29 is 33.0 Å². The summed E-state index contributed by atoms with van der Waals surface area (Å²) in [4.78, 5) is 30.5. The molecule has 5 rings (SSSR count). The van der Waals surface area contributed by atoms with E-state index in [4.69, 9.17) is 23.4 Å². The summed E-state index contributed by atoms with van der Waals surface area (Å²) < 4.78 is 27.6. The highest BCUT2D eigenvalue weighted by atomic mass is 16.5. The zero-order valence-corrected chi connectivity index (χ0v) is 25.2. The highest BCUT2D eigenvalue weighted by molar-refractivity contribution is 5.88. The Morgan fingerprint density at radius 2 is 1.84 bits per heavy atom. The Morgan fingerprint density at radius 1 is 1.05 bits per heavy atom. The molecule has 232 valence electrons. The van der Waals surface area contributed by atoms with E-state index in [1.165, 1.54) is 16.8 Å². The van der Waals surface area contributed by atoms with Gasteiger partial charge < -0.3 is 33.6 Å². The van der Waals surface area contributed by atoms with E-state index >= 15 is 0 Å². The number of amides is 2. The molecule has 0 spiro atoms. The molecule has 1 aliphatic heterocycles. The van der Waals surface area contributed by atoms with Gasteiger partial charge in [0.15, 0.2) is 17.5 Å². The monoisotopic (exact) mass is 604 g/mol. The summed E-state index contributed by atoms with van der Waals surface area (Å²) in [6.45, 7) is 2.62. The van der Waals surface area contributed by atoms with Gasteiger partial charge in [-0.25, -0.2) is 0 Å². The van der Waals surface area contributed by atoms with E-state index in [0.717, 1.165) is 18.4 Å². The highest BCUT2D eigenvalue weighted by Crippen LogP contribution is 2.31. The van der Waals surface area contributed by atoms with Crippen molar-refractivity contribution in [1.82, 2.24) is 30.4 Å². The average Bonchev–Trinajstić information content (AvgIpc) is 3.83. The number of rotatable bonds is 13. The molecule has 1 aliphatic rings. The quantitative estimate of drug-likeness (QED) is 0.241. The molecule has 0 bridgehead atoms. The minimum absolute atomic E-state index is 0.0713. The minimum Gasteiger partial charge on any atom is -0.497 e. The van der Waals surface area contributed by atoms with Crippen molar-refractivity contribution in [3.8, 4) is 28.6 Å². The third-order valence-electron chi connectivity index (χ3n) is 7.32. The normalized spacial score (nSPS) is 15.0. The summed E-state index contributed by atoms with van der Waals surface area (Å²) in [5.74, 6) is 2.20. The van der Waals surface area contributed by atoms with E-state index < -0.39 is 11.9 Å². The average molecular weight is 605 g/mol. The minimum atomic E-state index is -1.06. The highest BCUT2D eigenvalue weighted by Gasteiger charge is 2.35. The molecule has 0 aliphatic carbocycles. The van der Waals surface area contributed by atoms with Crippen LogP contribution in [0.1, 0.15) is 36.0 Å². The molecule has 2 aromatic carbocycles. The van der Waals surface area contributed by atoms with E-state index in [0.29, 0.717) is 53.3 Å². The van der Waals surface area contributed by atoms with E-state index in [1.807, 2.05) is 12.1 Å². The Kier molecular flexibility index (Phi) is 9.75. The molecular weight excluding hydrogens is 568 g/mol. The Hall–Kier alpha value is -4.91. The first-order valence-corrected chi connectivity index (χ1v) is 14.3. The lowest BCUT2D eigenvalue weighted by molar-refractivity contribution is -0.143. The van der Waals surface area contributed by atoms with Crippen molar-refractivity contribution in [2.75, 3.05) is 34.5 Å². The molecule has 2 aromatic heterocycles. The molecule has 0 radical (unpaired) electrons. The second-order valence-corrected chi connectivity index (χ2v) is 10.3. The fourth-order valence-corrected chi connectivity index (χ4v) is 5.01. The number of aryl methyl sites for hydroxylation is 1. The molecule has 1 N–H and O–H groups in total. The molecule has 2 atom stereocenters. The van der Waals surface area contributed by atoms with Crippen molar-refractivity contribution in [2.24, 2.45) is 0 Å². The van der Waals surface area contributed by atoms with Crippen LogP contribution in [0.3, 0.4) is 0 Å². The van der Waals surface area contributed by atoms with E-state index in [1.54, 1.807) is 63.6 Å². The number of carbonyl (C=O) groups excluding carboxylic acids is 2. The Bertz CT molecular complexity index is 1560. The maximum Gasteiger partial charge on any atom is 0.250 e. The Morgan fingerprint density at radius 3 is 2.50 bits per heavy atom. The second kappa shape index (κ2) is 14.0. The summed E-state index contributed by atoms with van der Waals surface area (Å²) in [6, 6.07) is 14.9. The number of carbonyl (C=O) groups is 2. The number of aromatic nitrogens is 4. The first-order valence-electron chi connectivity index (χ1n) is 14.3. The van der Waals surface area contributed by atoms with Crippen LogP contribution < -0.4 is 19.5 Å². The van der Waals surface area contributed by atoms with Gasteiger partial charge in [-0.05, 0) is 73.0 Å². The first kappa shape index (κ1) is 30.5. The molecule has 0 saturated carbocycles. The van der Waals surface area contributed by atoms with Crippen LogP contribution in [0.15, 0.2) is 59.0 Å². The largest absolute Gasteiger partial charge is 0.497 e.